The maximum absolute atomic E-state index is 13.1. The van der Waals surface area contributed by atoms with E-state index in [2.05, 4.69) is 53.6 Å². The molecule has 2 fully saturated rings. The second kappa shape index (κ2) is 8.85. The highest BCUT2D eigenvalue weighted by atomic mass is 32.1. The zero-order chi connectivity index (χ0) is 21.4. The number of ether oxygens (including phenoxy) is 1. The molecule has 1 aromatic carbocycles. The van der Waals surface area contributed by atoms with Gasteiger partial charge in [-0.15, -0.1) is 11.3 Å². The first-order chi connectivity index (χ1) is 15.1. The number of carbonyl (C=O) groups excluding carboxylic acids is 1. The number of fused-ring (bicyclic) bond motifs is 1. The smallest absolute Gasteiger partial charge is 0.178 e. The van der Waals surface area contributed by atoms with E-state index in [4.69, 9.17) is 9.72 Å². The Morgan fingerprint density at radius 1 is 1.19 bits per heavy atom. The molecule has 5 nitrogen and oxygen atoms in total. The minimum atomic E-state index is 0.241. The molecule has 2 aromatic heterocycles. The molecule has 0 saturated carbocycles. The van der Waals surface area contributed by atoms with Gasteiger partial charge in [0.1, 0.15) is 0 Å². The van der Waals surface area contributed by atoms with Crippen LogP contribution in [-0.2, 0) is 11.3 Å². The summed E-state index contributed by atoms with van der Waals surface area (Å²) in [5.74, 6) is 0.755. The predicted octanol–water partition coefficient (Wildman–Crippen LogP) is 4.96. The Morgan fingerprint density at radius 2 is 2.00 bits per heavy atom. The normalized spacial score (nSPS) is 20.6. The minimum Gasteiger partial charge on any atom is -0.376 e. The van der Waals surface area contributed by atoms with E-state index in [1.807, 2.05) is 11.3 Å². The van der Waals surface area contributed by atoms with Crippen LogP contribution in [0.3, 0.4) is 0 Å². The van der Waals surface area contributed by atoms with E-state index in [1.165, 1.54) is 9.71 Å². The highest BCUT2D eigenvalue weighted by Gasteiger charge is 2.26. The number of aryl methyl sites for hydroxylation is 1. The maximum atomic E-state index is 13.1. The second-order valence-electron chi connectivity index (χ2n) is 9.02. The summed E-state index contributed by atoms with van der Waals surface area (Å²) in [7, 11) is 0. The average Bonchev–Trinajstić information content (AvgIpc) is 3.50. The third-order valence-electron chi connectivity index (χ3n) is 6.90. The minimum absolute atomic E-state index is 0.241. The summed E-state index contributed by atoms with van der Waals surface area (Å²) in [6.07, 6.45) is 4.69. The molecule has 0 bridgehead atoms. The van der Waals surface area contributed by atoms with Crippen molar-refractivity contribution < 1.29 is 9.53 Å². The van der Waals surface area contributed by atoms with Crippen molar-refractivity contribution in [1.29, 1.82) is 0 Å². The van der Waals surface area contributed by atoms with E-state index in [-0.39, 0.29) is 11.9 Å². The summed E-state index contributed by atoms with van der Waals surface area (Å²) in [5, 5.41) is 1.25. The molecular formula is C25H31N3O2S. The van der Waals surface area contributed by atoms with Crippen molar-refractivity contribution in [1.82, 2.24) is 14.5 Å². The van der Waals surface area contributed by atoms with Gasteiger partial charge >= 0.3 is 0 Å². The monoisotopic (exact) mass is 437 g/mol. The molecule has 0 spiro atoms. The molecule has 164 valence electrons. The third-order valence-corrected chi connectivity index (χ3v) is 8.10. The Kier molecular flexibility index (Phi) is 5.95. The molecular weight excluding hydrogens is 406 g/mol. The topological polar surface area (TPSA) is 47.4 Å². The molecule has 5 rings (SSSR count). The predicted molar refractivity (Wildman–Crippen MR) is 125 cm³/mol. The molecule has 1 unspecified atom stereocenters. The van der Waals surface area contributed by atoms with Crippen molar-refractivity contribution in [3.8, 4) is 0 Å². The molecule has 4 heterocycles. The molecule has 1 atom stereocenters. The SMILES string of the molecule is Cc1cc(C(=O)CN2CCC(c3nc4ccccc4s3)CC2)c(C)n1CC1CCCO1. The number of aromatic nitrogens is 2. The van der Waals surface area contributed by atoms with Crippen LogP contribution in [0, 0.1) is 13.8 Å². The van der Waals surface area contributed by atoms with E-state index < -0.39 is 0 Å². The number of benzene rings is 1. The summed E-state index contributed by atoms with van der Waals surface area (Å²) < 4.78 is 9.34. The van der Waals surface area contributed by atoms with Crippen LogP contribution < -0.4 is 0 Å². The van der Waals surface area contributed by atoms with Crippen molar-refractivity contribution in [2.75, 3.05) is 26.2 Å². The van der Waals surface area contributed by atoms with Gasteiger partial charge in [-0.1, -0.05) is 12.1 Å². The van der Waals surface area contributed by atoms with Crippen LogP contribution in [0.1, 0.15) is 58.4 Å². The zero-order valence-corrected chi connectivity index (χ0v) is 19.3. The Hall–Kier alpha value is -2.02. The van der Waals surface area contributed by atoms with Gasteiger partial charge in [-0.05, 0) is 70.8 Å². The lowest BCUT2D eigenvalue weighted by atomic mass is 9.97. The molecule has 0 radical (unpaired) electrons. The number of hydrogen-bond acceptors (Lipinski definition) is 5. The van der Waals surface area contributed by atoms with Crippen LogP contribution in [0.2, 0.25) is 0 Å². The lowest BCUT2D eigenvalue weighted by molar-refractivity contribution is 0.0903. The molecule has 2 aliphatic rings. The Balaban J connectivity index is 1.20. The number of Topliss-reactive ketones (excluding diaryl/α,β-unsaturated/α-hetero) is 1. The Labute approximate surface area is 188 Å². The van der Waals surface area contributed by atoms with E-state index in [1.54, 1.807) is 0 Å². The van der Waals surface area contributed by atoms with Gasteiger partial charge in [0.05, 0.1) is 27.9 Å². The van der Waals surface area contributed by atoms with Gasteiger partial charge in [-0.25, -0.2) is 4.98 Å². The number of nitrogens with zero attached hydrogens (tertiary/aromatic N) is 3. The number of thiazole rings is 1. The zero-order valence-electron chi connectivity index (χ0n) is 18.5. The maximum Gasteiger partial charge on any atom is 0.178 e. The number of rotatable bonds is 6. The Morgan fingerprint density at radius 3 is 2.74 bits per heavy atom. The van der Waals surface area contributed by atoms with Gasteiger partial charge in [0.25, 0.3) is 0 Å². The first-order valence-electron chi connectivity index (χ1n) is 11.5. The van der Waals surface area contributed by atoms with Crippen molar-refractivity contribution >= 4 is 27.3 Å². The van der Waals surface area contributed by atoms with Crippen molar-refractivity contribution in [3.05, 3.63) is 52.3 Å². The number of hydrogen-bond donors (Lipinski definition) is 0. The lowest BCUT2D eigenvalue weighted by Gasteiger charge is -2.30. The van der Waals surface area contributed by atoms with Crippen molar-refractivity contribution in [2.45, 2.75) is 58.1 Å². The lowest BCUT2D eigenvalue weighted by Crippen LogP contribution is -2.37. The first-order valence-corrected chi connectivity index (χ1v) is 12.3. The summed E-state index contributed by atoms with van der Waals surface area (Å²) >= 11 is 1.83. The highest BCUT2D eigenvalue weighted by Crippen LogP contribution is 2.34. The molecule has 0 aliphatic carbocycles. The molecule has 0 N–H and O–H groups in total. The largest absolute Gasteiger partial charge is 0.376 e. The molecule has 0 amide bonds. The van der Waals surface area contributed by atoms with E-state index in [9.17, 15) is 4.79 Å². The molecule has 6 heteroatoms. The fraction of sp³-hybridized carbons (Fsp3) is 0.520. The third kappa shape index (κ3) is 4.34. The van der Waals surface area contributed by atoms with Gasteiger partial charge in [0.2, 0.25) is 0 Å². The van der Waals surface area contributed by atoms with Crippen LogP contribution >= 0.6 is 11.3 Å². The summed E-state index contributed by atoms with van der Waals surface area (Å²) in [5.41, 5.74) is 4.23. The van der Waals surface area contributed by atoms with Crippen LogP contribution in [0.5, 0.6) is 0 Å². The fourth-order valence-electron chi connectivity index (χ4n) is 5.05. The van der Waals surface area contributed by atoms with E-state index in [0.717, 1.165) is 74.4 Å². The van der Waals surface area contributed by atoms with Gasteiger partial charge < -0.3 is 9.30 Å². The standard InChI is InChI=1S/C25H31N3O2S/c1-17-14-21(18(2)28(17)15-20-6-5-13-30-20)23(29)16-27-11-9-19(10-12-27)25-26-22-7-3-4-8-24(22)31-25/h3-4,7-8,14,19-20H,5-6,9-13,15-16H2,1-2H3. The molecule has 3 aromatic rings. The number of likely N-dealkylation sites (tertiary alicyclic amines) is 1. The number of ketones is 1. The quantitative estimate of drug-likeness (QED) is 0.512. The highest BCUT2D eigenvalue weighted by molar-refractivity contribution is 7.18. The fourth-order valence-corrected chi connectivity index (χ4v) is 6.18. The number of carbonyl (C=O) groups is 1. The molecule has 2 saturated heterocycles. The van der Waals surface area contributed by atoms with Gasteiger partial charge in [-0.2, -0.15) is 0 Å². The van der Waals surface area contributed by atoms with Crippen LogP contribution in [0.4, 0.5) is 0 Å². The summed E-state index contributed by atoms with van der Waals surface area (Å²) in [6, 6.07) is 10.5. The number of piperidine rings is 1. The van der Waals surface area contributed by atoms with Crippen LogP contribution in [-0.4, -0.2) is 52.6 Å². The molecule has 2 aliphatic heterocycles. The first kappa shape index (κ1) is 20.9. The van der Waals surface area contributed by atoms with Crippen LogP contribution in [0.15, 0.2) is 30.3 Å². The summed E-state index contributed by atoms with van der Waals surface area (Å²) in [6.45, 7) is 8.33. The van der Waals surface area contributed by atoms with Gasteiger partial charge in [0, 0.05) is 36.0 Å². The van der Waals surface area contributed by atoms with E-state index >= 15 is 0 Å². The van der Waals surface area contributed by atoms with Gasteiger partial charge in [0.15, 0.2) is 5.78 Å². The average molecular weight is 438 g/mol. The summed E-state index contributed by atoms with van der Waals surface area (Å²) in [4.78, 5) is 20.3. The van der Waals surface area contributed by atoms with Crippen molar-refractivity contribution in [3.63, 3.8) is 0 Å². The second-order valence-corrected chi connectivity index (χ2v) is 10.1. The van der Waals surface area contributed by atoms with E-state index in [0.29, 0.717) is 12.5 Å². The Bertz CT molecular complexity index is 1040. The molecule has 31 heavy (non-hydrogen) atoms. The number of para-hydroxylation sites is 1. The van der Waals surface area contributed by atoms with Gasteiger partial charge in [-0.3, -0.25) is 9.69 Å². The van der Waals surface area contributed by atoms with Crippen LogP contribution in [0.25, 0.3) is 10.2 Å². The van der Waals surface area contributed by atoms with Crippen molar-refractivity contribution in [2.24, 2.45) is 0 Å².